The average Bonchev–Trinajstić information content (AvgIpc) is 2.70. The van der Waals surface area contributed by atoms with Crippen molar-refractivity contribution in [2.24, 2.45) is 0 Å². The Labute approximate surface area is 190 Å². The Bertz CT molecular complexity index is 977. The minimum atomic E-state index is 0.409. The van der Waals surface area contributed by atoms with Crippen molar-refractivity contribution in [1.82, 2.24) is 0 Å². The molecule has 0 aromatic heterocycles. The molecule has 3 rings (SSSR count). The lowest BCUT2D eigenvalue weighted by molar-refractivity contribution is 0.269. The first-order chi connectivity index (χ1) is 14.0. The third kappa shape index (κ3) is 5.81. The maximum absolute atomic E-state index is 6.54. The Morgan fingerprint density at radius 1 is 0.931 bits per heavy atom. The van der Waals surface area contributed by atoms with Crippen LogP contribution >= 0.6 is 39.1 Å². The van der Waals surface area contributed by atoms with E-state index >= 15 is 0 Å². The highest BCUT2D eigenvalue weighted by atomic mass is 79.9. The Morgan fingerprint density at radius 2 is 1.69 bits per heavy atom. The highest BCUT2D eigenvalue weighted by molar-refractivity contribution is 9.10. The lowest BCUT2D eigenvalue weighted by atomic mass is 10.1. The van der Waals surface area contributed by atoms with Crippen molar-refractivity contribution >= 4 is 44.8 Å². The van der Waals surface area contributed by atoms with E-state index < -0.39 is 0 Å². The molecule has 0 heterocycles. The average molecular weight is 495 g/mol. The molecule has 0 spiro atoms. The van der Waals surface area contributed by atoms with Gasteiger partial charge >= 0.3 is 0 Å². The van der Waals surface area contributed by atoms with Crippen molar-refractivity contribution < 1.29 is 9.47 Å². The molecule has 0 saturated carbocycles. The summed E-state index contributed by atoms with van der Waals surface area (Å²) >= 11 is 16.2. The van der Waals surface area contributed by atoms with Crippen LogP contribution in [0.3, 0.4) is 0 Å². The van der Waals surface area contributed by atoms with Gasteiger partial charge in [0.25, 0.3) is 0 Å². The fourth-order valence-corrected chi connectivity index (χ4v) is 3.59. The second kappa shape index (κ2) is 10.2. The Hall–Kier alpha value is -1.88. The molecule has 3 aromatic rings. The highest BCUT2D eigenvalue weighted by Gasteiger charge is 2.13. The van der Waals surface area contributed by atoms with E-state index in [9.17, 15) is 0 Å². The third-order valence-corrected chi connectivity index (χ3v) is 5.64. The van der Waals surface area contributed by atoms with E-state index in [1.54, 1.807) is 0 Å². The van der Waals surface area contributed by atoms with Gasteiger partial charge in [-0.1, -0.05) is 57.3 Å². The zero-order chi connectivity index (χ0) is 20.8. The second-order valence-corrected chi connectivity index (χ2v) is 8.25. The number of nitrogens with one attached hydrogen (secondary N) is 1. The first kappa shape index (κ1) is 21.8. The zero-order valence-corrected chi connectivity index (χ0v) is 19.4. The molecule has 0 atom stereocenters. The molecule has 0 aliphatic heterocycles. The molecule has 0 aliphatic carbocycles. The van der Waals surface area contributed by atoms with E-state index in [0.717, 1.165) is 31.9 Å². The molecule has 1 N–H and O–H groups in total. The summed E-state index contributed by atoms with van der Waals surface area (Å²) in [6.07, 6.45) is 0. The molecular formula is C23H22BrCl2NO2. The predicted molar refractivity (Wildman–Crippen MR) is 125 cm³/mol. The van der Waals surface area contributed by atoms with Crippen LogP contribution in [0.1, 0.15) is 23.6 Å². The highest BCUT2D eigenvalue weighted by Crippen LogP contribution is 2.37. The second-order valence-electron chi connectivity index (χ2n) is 6.52. The molecule has 0 radical (unpaired) electrons. The van der Waals surface area contributed by atoms with E-state index in [-0.39, 0.29) is 0 Å². The van der Waals surface area contributed by atoms with Gasteiger partial charge in [0.05, 0.1) is 11.6 Å². The molecule has 0 unspecified atom stereocenters. The fourth-order valence-electron chi connectivity index (χ4n) is 2.86. The quantitative estimate of drug-likeness (QED) is 0.348. The molecule has 3 nitrogen and oxygen atoms in total. The van der Waals surface area contributed by atoms with Crippen LogP contribution in [-0.4, -0.2) is 6.61 Å². The summed E-state index contributed by atoms with van der Waals surface area (Å²) in [6.45, 7) is 5.45. The van der Waals surface area contributed by atoms with Gasteiger partial charge < -0.3 is 14.8 Å². The van der Waals surface area contributed by atoms with Crippen molar-refractivity contribution in [3.8, 4) is 11.5 Å². The van der Waals surface area contributed by atoms with Crippen LogP contribution in [0.2, 0.25) is 10.0 Å². The van der Waals surface area contributed by atoms with Crippen LogP contribution in [0, 0.1) is 6.92 Å². The normalized spacial score (nSPS) is 10.7. The van der Waals surface area contributed by atoms with Crippen LogP contribution < -0.4 is 14.8 Å². The summed E-state index contributed by atoms with van der Waals surface area (Å²) < 4.78 is 12.8. The minimum Gasteiger partial charge on any atom is -0.490 e. The number of benzene rings is 3. The first-order valence-corrected chi connectivity index (χ1v) is 10.8. The topological polar surface area (TPSA) is 30.5 Å². The van der Waals surface area contributed by atoms with Gasteiger partial charge in [-0.2, -0.15) is 0 Å². The molecule has 152 valence electrons. The van der Waals surface area contributed by atoms with Crippen LogP contribution in [0.15, 0.2) is 59.1 Å². The largest absolute Gasteiger partial charge is 0.490 e. The van der Waals surface area contributed by atoms with Gasteiger partial charge in [0, 0.05) is 21.7 Å². The number of halogens is 3. The molecule has 3 aromatic carbocycles. The zero-order valence-electron chi connectivity index (χ0n) is 16.3. The first-order valence-electron chi connectivity index (χ1n) is 9.29. The molecule has 0 bridgehead atoms. The lowest BCUT2D eigenvalue weighted by Crippen LogP contribution is -2.04. The van der Waals surface area contributed by atoms with Gasteiger partial charge in [0.2, 0.25) is 0 Å². The van der Waals surface area contributed by atoms with Crippen molar-refractivity contribution in [3.63, 3.8) is 0 Å². The van der Waals surface area contributed by atoms with Gasteiger partial charge in [-0.3, -0.25) is 0 Å². The van der Waals surface area contributed by atoms with E-state index in [0.29, 0.717) is 36.3 Å². The molecule has 6 heteroatoms. The van der Waals surface area contributed by atoms with E-state index in [2.05, 4.69) is 21.2 Å². The van der Waals surface area contributed by atoms with Crippen molar-refractivity contribution in [1.29, 1.82) is 0 Å². The fraction of sp³-hybridized carbons (Fsp3) is 0.217. The summed E-state index contributed by atoms with van der Waals surface area (Å²) in [4.78, 5) is 0. The number of hydrogen-bond acceptors (Lipinski definition) is 3. The summed E-state index contributed by atoms with van der Waals surface area (Å²) in [5.74, 6) is 1.19. The van der Waals surface area contributed by atoms with Gasteiger partial charge in [-0.15, -0.1) is 0 Å². The maximum atomic E-state index is 6.54. The number of anilines is 1. The molecule has 0 fully saturated rings. The van der Waals surface area contributed by atoms with Crippen LogP contribution in [0.4, 0.5) is 5.69 Å². The summed E-state index contributed by atoms with van der Waals surface area (Å²) in [5.41, 5.74) is 4.05. The lowest BCUT2D eigenvalue weighted by Gasteiger charge is -2.16. The number of hydrogen-bond donors (Lipinski definition) is 1. The van der Waals surface area contributed by atoms with Crippen molar-refractivity contribution in [2.75, 3.05) is 11.9 Å². The van der Waals surface area contributed by atoms with Crippen molar-refractivity contribution in [2.45, 2.75) is 27.0 Å². The van der Waals surface area contributed by atoms with Gasteiger partial charge in [0.15, 0.2) is 11.5 Å². The monoisotopic (exact) mass is 493 g/mol. The Kier molecular flexibility index (Phi) is 7.70. The van der Waals surface area contributed by atoms with E-state index in [1.807, 2.05) is 68.4 Å². The van der Waals surface area contributed by atoms with Crippen LogP contribution in [0.25, 0.3) is 0 Å². The molecule has 0 aliphatic rings. The van der Waals surface area contributed by atoms with E-state index in [4.69, 9.17) is 32.7 Å². The number of ether oxygens (including phenoxy) is 2. The molecule has 0 saturated heterocycles. The Morgan fingerprint density at radius 3 is 2.41 bits per heavy atom. The summed E-state index contributed by atoms with van der Waals surface area (Å²) in [7, 11) is 0. The third-order valence-electron chi connectivity index (χ3n) is 4.42. The van der Waals surface area contributed by atoms with Crippen molar-refractivity contribution in [3.05, 3.63) is 85.8 Å². The SMILES string of the molecule is CCOc1cc(CNc2cccc(Cl)c2C)cc(Cl)c1OCc1ccc(Br)cc1. The molecule has 29 heavy (non-hydrogen) atoms. The minimum absolute atomic E-state index is 0.409. The van der Waals surface area contributed by atoms with Crippen LogP contribution in [0.5, 0.6) is 11.5 Å². The summed E-state index contributed by atoms with van der Waals surface area (Å²) in [5, 5.41) is 4.66. The van der Waals surface area contributed by atoms with Gasteiger partial charge in [-0.05, 0) is 66.9 Å². The van der Waals surface area contributed by atoms with E-state index in [1.165, 1.54) is 0 Å². The summed E-state index contributed by atoms with van der Waals surface area (Å²) in [6, 6.07) is 17.6. The number of rotatable bonds is 8. The smallest absolute Gasteiger partial charge is 0.180 e. The molecule has 0 amide bonds. The standard InChI is InChI=1S/C23H22BrCl2NO2/c1-3-28-22-12-17(13-27-21-6-4-5-19(25)15(21)2)11-20(26)23(22)29-14-16-7-9-18(24)10-8-16/h4-12,27H,3,13-14H2,1-2H3. The maximum Gasteiger partial charge on any atom is 0.180 e. The molecular weight excluding hydrogens is 473 g/mol. The van der Waals surface area contributed by atoms with Crippen LogP contribution in [-0.2, 0) is 13.2 Å². The Balaban J connectivity index is 1.76. The predicted octanol–water partition coefficient (Wildman–Crippen LogP) is 7.65. The van der Waals surface area contributed by atoms with Gasteiger partial charge in [-0.25, -0.2) is 0 Å². The van der Waals surface area contributed by atoms with Gasteiger partial charge in [0.1, 0.15) is 6.61 Å².